The zero-order valence-corrected chi connectivity index (χ0v) is 10.8. The average Bonchev–Trinajstić information content (AvgIpc) is 2.45. The van der Waals surface area contributed by atoms with Crippen LogP contribution in [0.15, 0.2) is 30.5 Å². The van der Waals surface area contributed by atoms with E-state index < -0.39 is 46.3 Å². The molecule has 2 aromatic rings. The third-order valence-corrected chi connectivity index (χ3v) is 2.73. The molecule has 0 radical (unpaired) electrons. The molecule has 1 aromatic carbocycles. The number of ketones is 1. The Labute approximate surface area is 121 Å². The van der Waals surface area contributed by atoms with Crippen molar-refractivity contribution >= 4 is 17.6 Å². The number of halogens is 3. The largest absolute Gasteiger partial charge is 0.475 e. The number of carboxylic acids is 1. The molecule has 0 spiro atoms. The molecule has 0 aliphatic heterocycles. The van der Waals surface area contributed by atoms with Gasteiger partial charge in [-0.15, -0.1) is 0 Å². The van der Waals surface area contributed by atoms with Crippen LogP contribution in [-0.2, 0) is 6.18 Å². The highest BCUT2D eigenvalue weighted by molar-refractivity contribution is 6.12. The highest BCUT2D eigenvalue weighted by Crippen LogP contribution is 2.33. The topological polar surface area (TPSA) is 106 Å². The Hall–Kier alpha value is -2.97. The fraction of sp³-hybridized carbons (Fsp3) is 0.0769. The van der Waals surface area contributed by atoms with E-state index in [0.717, 1.165) is 24.4 Å². The second-order valence-corrected chi connectivity index (χ2v) is 4.17. The maximum absolute atomic E-state index is 12.9. The van der Waals surface area contributed by atoms with E-state index in [-0.39, 0.29) is 0 Å². The number of carbonyl (C=O) groups excluding carboxylic acids is 1. The Morgan fingerprint density at radius 1 is 1.14 bits per heavy atom. The molecule has 0 unspecified atom stereocenters. The van der Waals surface area contributed by atoms with Crippen LogP contribution in [0.2, 0.25) is 0 Å². The van der Waals surface area contributed by atoms with Gasteiger partial charge in [-0.25, -0.2) is 14.8 Å². The number of benzene rings is 1. The summed E-state index contributed by atoms with van der Waals surface area (Å²) in [7, 11) is 0. The molecular formula is C13H8F3N3O3. The summed E-state index contributed by atoms with van der Waals surface area (Å²) in [5.41, 5.74) is 3.30. The van der Waals surface area contributed by atoms with Gasteiger partial charge in [0.1, 0.15) is 5.82 Å². The fourth-order valence-corrected chi connectivity index (χ4v) is 1.75. The summed E-state index contributed by atoms with van der Waals surface area (Å²) in [6.45, 7) is 0. The summed E-state index contributed by atoms with van der Waals surface area (Å²) in [6.07, 6.45) is -3.93. The third kappa shape index (κ3) is 2.87. The van der Waals surface area contributed by atoms with E-state index >= 15 is 0 Å². The Morgan fingerprint density at radius 3 is 2.32 bits per heavy atom. The fourth-order valence-electron chi connectivity index (χ4n) is 1.75. The number of alkyl halides is 3. The van der Waals surface area contributed by atoms with E-state index in [4.69, 9.17) is 10.8 Å². The van der Waals surface area contributed by atoms with E-state index in [2.05, 4.69) is 9.97 Å². The maximum Gasteiger partial charge on any atom is 0.417 e. The summed E-state index contributed by atoms with van der Waals surface area (Å²) in [4.78, 5) is 29.6. The van der Waals surface area contributed by atoms with Gasteiger partial charge in [0.25, 0.3) is 0 Å². The Bertz CT molecular complexity index is 760. The molecule has 0 atom stereocenters. The van der Waals surface area contributed by atoms with Crippen molar-refractivity contribution in [2.75, 3.05) is 5.73 Å². The first kappa shape index (κ1) is 15.4. The van der Waals surface area contributed by atoms with Crippen molar-refractivity contribution in [1.82, 2.24) is 9.97 Å². The predicted octanol–water partition coefficient (Wildman–Crippen LogP) is 2.01. The Morgan fingerprint density at radius 2 is 1.77 bits per heavy atom. The average molecular weight is 311 g/mol. The normalized spacial score (nSPS) is 11.2. The smallest absolute Gasteiger partial charge is 0.417 e. The first-order valence-electron chi connectivity index (χ1n) is 5.78. The van der Waals surface area contributed by atoms with E-state index in [1.807, 2.05) is 0 Å². The SMILES string of the molecule is Nc1nc(C(=O)O)ncc1C(=O)c1ccccc1C(F)(F)F. The first-order valence-corrected chi connectivity index (χ1v) is 5.78. The second-order valence-electron chi connectivity index (χ2n) is 4.17. The standard InChI is InChI=1S/C13H8F3N3O3/c14-13(15,16)8-4-2-1-3-6(8)9(20)7-5-18-11(12(21)22)19-10(7)17/h1-5H,(H,21,22)(H2,17,18,19). The molecule has 0 aliphatic carbocycles. The molecule has 0 amide bonds. The molecule has 0 saturated heterocycles. The molecule has 1 heterocycles. The summed E-state index contributed by atoms with van der Waals surface area (Å²) in [5.74, 6) is -3.67. The van der Waals surface area contributed by atoms with Gasteiger partial charge in [0.2, 0.25) is 5.82 Å². The van der Waals surface area contributed by atoms with Crippen LogP contribution >= 0.6 is 0 Å². The molecule has 0 saturated carbocycles. The van der Waals surface area contributed by atoms with E-state index in [1.54, 1.807) is 0 Å². The molecule has 0 aliphatic rings. The van der Waals surface area contributed by atoms with Gasteiger partial charge in [-0.3, -0.25) is 4.79 Å². The molecule has 3 N–H and O–H groups in total. The molecule has 22 heavy (non-hydrogen) atoms. The van der Waals surface area contributed by atoms with Gasteiger partial charge in [-0.1, -0.05) is 18.2 Å². The van der Waals surface area contributed by atoms with Crippen molar-refractivity contribution in [3.8, 4) is 0 Å². The van der Waals surface area contributed by atoms with Gasteiger partial charge >= 0.3 is 12.1 Å². The molecular weight excluding hydrogens is 303 g/mol. The monoisotopic (exact) mass is 311 g/mol. The van der Waals surface area contributed by atoms with Crippen molar-refractivity contribution in [1.29, 1.82) is 0 Å². The Kier molecular flexibility index (Phi) is 3.81. The third-order valence-electron chi connectivity index (χ3n) is 2.73. The van der Waals surface area contributed by atoms with Crippen LogP contribution < -0.4 is 5.73 Å². The molecule has 9 heteroatoms. The number of carboxylic acid groups (broad SMARTS) is 1. The van der Waals surface area contributed by atoms with Crippen molar-refractivity contribution < 1.29 is 27.9 Å². The molecule has 114 valence electrons. The molecule has 2 rings (SSSR count). The quantitative estimate of drug-likeness (QED) is 0.840. The minimum absolute atomic E-state index is 0.401. The van der Waals surface area contributed by atoms with Crippen LogP contribution in [0.1, 0.15) is 32.1 Å². The van der Waals surface area contributed by atoms with Crippen molar-refractivity contribution in [3.05, 3.63) is 53.0 Å². The van der Waals surface area contributed by atoms with E-state index in [1.165, 1.54) is 6.07 Å². The molecule has 6 nitrogen and oxygen atoms in total. The lowest BCUT2D eigenvalue weighted by atomic mass is 9.99. The van der Waals surface area contributed by atoms with Gasteiger partial charge in [-0.05, 0) is 6.07 Å². The lowest BCUT2D eigenvalue weighted by Crippen LogP contribution is -2.16. The Balaban J connectivity index is 2.52. The summed E-state index contributed by atoms with van der Waals surface area (Å²) < 4.78 is 38.7. The van der Waals surface area contributed by atoms with E-state index in [9.17, 15) is 22.8 Å². The van der Waals surface area contributed by atoms with Crippen LogP contribution in [-0.4, -0.2) is 26.8 Å². The van der Waals surface area contributed by atoms with Crippen molar-refractivity contribution in [3.63, 3.8) is 0 Å². The van der Waals surface area contributed by atoms with Crippen molar-refractivity contribution in [2.24, 2.45) is 0 Å². The predicted molar refractivity (Wildman–Crippen MR) is 68.3 cm³/mol. The summed E-state index contributed by atoms with van der Waals surface area (Å²) in [5, 5.41) is 8.69. The number of aromatic carboxylic acids is 1. The maximum atomic E-state index is 12.9. The summed E-state index contributed by atoms with van der Waals surface area (Å²) in [6, 6.07) is 4.17. The van der Waals surface area contributed by atoms with Gasteiger partial charge in [0.05, 0.1) is 11.1 Å². The minimum Gasteiger partial charge on any atom is -0.475 e. The van der Waals surface area contributed by atoms with Crippen molar-refractivity contribution in [2.45, 2.75) is 6.18 Å². The number of anilines is 1. The zero-order valence-electron chi connectivity index (χ0n) is 10.8. The molecule has 1 aromatic heterocycles. The van der Waals surface area contributed by atoms with Crippen LogP contribution in [0.5, 0.6) is 0 Å². The first-order chi connectivity index (χ1) is 10.2. The van der Waals surface area contributed by atoms with Crippen LogP contribution in [0.25, 0.3) is 0 Å². The highest BCUT2D eigenvalue weighted by Gasteiger charge is 2.35. The number of hydrogen-bond acceptors (Lipinski definition) is 5. The number of nitrogen functional groups attached to an aromatic ring is 1. The molecule has 0 bridgehead atoms. The number of nitrogens with zero attached hydrogens (tertiary/aromatic N) is 2. The summed E-state index contributed by atoms with van der Waals surface area (Å²) >= 11 is 0. The highest BCUT2D eigenvalue weighted by atomic mass is 19.4. The zero-order chi connectivity index (χ0) is 16.5. The van der Waals surface area contributed by atoms with Gasteiger partial charge in [-0.2, -0.15) is 13.2 Å². The molecule has 0 fully saturated rings. The van der Waals surface area contributed by atoms with Gasteiger partial charge in [0, 0.05) is 11.8 Å². The number of carbonyl (C=O) groups is 2. The number of nitrogens with two attached hydrogens (primary N) is 1. The lowest BCUT2D eigenvalue weighted by molar-refractivity contribution is -0.137. The van der Waals surface area contributed by atoms with Gasteiger partial charge < -0.3 is 10.8 Å². The number of aromatic nitrogens is 2. The number of rotatable bonds is 3. The van der Waals surface area contributed by atoms with Crippen LogP contribution in [0.4, 0.5) is 19.0 Å². The van der Waals surface area contributed by atoms with E-state index in [0.29, 0.717) is 0 Å². The van der Waals surface area contributed by atoms with Gasteiger partial charge in [0.15, 0.2) is 5.78 Å². The minimum atomic E-state index is -4.72. The number of hydrogen-bond donors (Lipinski definition) is 2. The second kappa shape index (κ2) is 5.43. The van der Waals surface area contributed by atoms with Crippen LogP contribution in [0.3, 0.4) is 0 Å². The lowest BCUT2D eigenvalue weighted by Gasteiger charge is -2.12. The van der Waals surface area contributed by atoms with Crippen LogP contribution in [0, 0.1) is 0 Å².